The van der Waals surface area contributed by atoms with Crippen LogP contribution in [0, 0.1) is 0 Å². The van der Waals surface area contributed by atoms with Crippen LogP contribution in [0.4, 0.5) is 0 Å². The van der Waals surface area contributed by atoms with E-state index in [9.17, 15) is 9.36 Å². The minimum Gasteiger partial charge on any atom is -0.497 e. The highest BCUT2D eigenvalue weighted by Crippen LogP contribution is 2.47. The molecule has 0 atom stereocenters. The van der Waals surface area contributed by atoms with E-state index in [4.69, 9.17) is 33.3 Å². The normalized spacial score (nSPS) is 10.9. The van der Waals surface area contributed by atoms with Gasteiger partial charge in [-0.1, -0.05) is 9.35 Å². The molecule has 1 N–H and O–H groups in total. The van der Waals surface area contributed by atoms with Gasteiger partial charge in [0.25, 0.3) is 0 Å². The van der Waals surface area contributed by atoms with Crippen molar-refractivity contribution in [3.63, 3.8) is 0 Å². The maximum atomic E-state index is 13.0. The molecule has 0 aromatic heterocycles. The predicted molar refractivity (Wildman–Crippen MR) is 107 cm³/mol. The molecule has 2 aromatic rings. The van der Waals surface area contributed by atoms with Crippen molar-refractivity contribution < 1.29 is 42.7 Å². The first kappa shape index (κ1) is 23.5. The fourth-order valence-electron chi connectivity index (χ4n) is 2.03. The molecule has 2 rings (SSSR count). The molecule has 0 aliphatic heterocycles. The van der Waals surface area contributed by atoms with E-state index in [1.165, 1.54) is 14.2 Å². The zero-order valence-electron chi connectivity index (χ0n) is 16.9. The van der Waals surface area contributed by atoms with Crippen LogP contribution in [0.2, 0.25) is 0 Å². The number of carbonyl (C=O) groups excluding carboxylic acids is 1. The molecule has 0 radical (unpaired) electrons. The second-order valence-corrected chi connectivity index (χ2v) is 7.50. The monoisotopic (exact) mass is 441 g/mol. The van der Waals surface area contributed by atoms with Gasteiger partial charge in [-0.2, -0.15) is 0 Å². The van der Waals surface area contributed by atoms with Crippen LogP contribution >= 0.6 is 7.60 Å². The highest BCUT2D eigenvalue weighted by molar-refractivity contribution is 7.53. The van der Waals surface area contributed by atoms with E-state index < -0.39 is 13.6 Å². The molecular weight excluding hydrogens is 417 g/mol. The molecule has 0 heterocycles. The lowest BCUT2D eigenvalue weighted by Crippen LogP contribution is -2.27. The smallest absolute Gasteiger partial charge is 0.418 e. The van der Waals surface area contributed by atoms with Crippen molar-refractivity contribution in [3.05, 3.63) is 48.5 Å². The molecule has 0 fully saturated rings. The number of esters is 1. The van der Waals surface area contributed by atoms with E-state index in [1.54, 1.807) is 55.5 Å². The topological polar surface area (TPSA) is 111 Å². The molecule has 0 aliphatic carbocycles. The Labute approximate surface area is 174 Å². The molecule has 11 heteroatoms. The van der Waals surface area contributed by atoms with Gasteiger partial charge in [0.15, 0.2) is 11.5 Å². The number of carbonyl (C=O) groups is 1. The summed E-state index contributed by atoms with van der Waals surface area (Å²) >= 11 is 0. The van der Waals surface area contributed by atoms with Gasteiger partial charge in [0.2, 0.25) is 0 Å². The summed E-state index contributed by atoms with van der Waals surface area (Å²) in [4.78, 5) is 21.7. The number of nitrogens with one attached hydrogen (secondary N) is 1. The van der Waals surface area contributed by atoms with Crippen LogP contribution in [-0.2, 0) is 23.4 Å². The number of ether oxygens (including phenoxy) is 3. The zero-order valence-corrected chi connectivity index (χ0v) is 17.8. The fraction of sp³-hybridized carbons (Fsp3) is 0.316. The Balaban J connectivity index is 1.99. The number of methoxy groups -OCH3 is 2. The Kier molecular flexibility index (Phi) is 9.43. The van der Waals surface area contributed by atoms with Gasteiger partial charge in [-0.3, -0.25) is 14.7 Å². The Hall–Kier alpha value is -2.78. The lowest BCUT2D eigenvalue weighted by atomic mass is 10.3. The maximum Gasteiger partial charge on any atom is 0.418 e. The number of benzene rings is 2. The highest BCUT2D eigenvalue weighted by atomic mass is 31.2. The molecule has 0 saturated heterocycles. The minimum absolute atomic E-state index is 0.199. The van der Waals surface area contributed by atoms with Gasteiger partial charge in [-0.25, -0.2) is 0 Å². The minimum atomic E-state index is -3.99. The van der Waals surface area contributed by atoms with Gasteiger partial charge in [0, 0.05) is 0 Å². The molecular formula is C19H24NO9P. The van der Waals surface area contributed by atoms with Gasteiger partial charge in [-0.05, 0) is 55.5 Å². The average Bonchev–Trinajstić information content (AvgIpc) is 2.77. The first-order chi connectivity index (χ1) is 14.5. The number of hydrogen-bond donors (Lipinski definition) is 1. The van der Waals surface area contributed by atoms with Crippen LogP contribution in [0.3, 0.4) is 0 Å². The Bertz CT molecular complexity index is 771. The van der Waals surface area contributed by atoms with E-state index in [-0.39, 0.29) is 30.9 Å². The van der Waals surface area contributed by atoms with Crippen molar-refractivity contribution in [3.8, 4) is 23.0 Å². The average molecular weight is 441 g/mol. The van der Waals surface area contributed by atoms with Crippen molar-refractivity contribution in [1.82, 2.24) is 5.32 Å². The van der Waals surface area contributed by atoms with Crippen LogP contribution in [0.25, 0.3) is 0 Å². The van der Waals surface area contributed by atoms with Crippen molar-refractivity contribution in [2.45, 2.75) is 6.92 Å². The number of rotatable bonds is 13. The molecule has 2 aromatic carbocycles. The van der Waals surface area contributed by atoms with E-state index in [0.717, 1.165) is 0 Å². The third kappa shape index (κ3) is 7.92. The second kappa shape index (κ2) is 12.0. The lowest BCUT2D eigenvalue weighted by molar-refractivity contribution is -0.171. The van der Waals surface area contributed by atoms with E-state index in [2.05, 4.69) is 5.32 Å². The van der Waals surface area contributed by atoms with E-state index >= 15 is 0 Å². The van der Waals surface area contributed by atoms with Crippen molar-refractivity contribution in [1.29, 1.82) is 0 Å². The number of hydrogen-bond acceptors (Lipinski definition) is 10. The largest absolute Gasteiger partial charge is 0.497 e. The summed E-state index contributed by atoms with van der Waals surface area (Å²) < 4.78 is 37.9. The fourth-order valence-corrected chi connectivity index (χ4v) is 2.95. The first-order valence-electron chi connectivity index (χ1n) is 8.94. The Morgan fingerprint density at radius 1 is 0.833 bits per heavy atom. The molecule has 10 nitrogen and oxygen atoms in total. The molecule has 0 aliphatic rings. The van der Waals surface area contributed by atoms with E-state index in [1.807, 2.05) is 0 Å². The van der Waals surface area contributed by atoms with Crippen LogP contribution in [0.15, 0.2) is 48.5 Å². The first-order valence-corrected chi connectivity index (χ1v) is 10.7. The summed E-state index contributed by atoms with van der Waals surface area (Å²) in [6, 6.07) is 12.8. The van der Waals surface area contributed by atoms with Gasteiger partial charge in [-0.15, -0.1) is 0 Å². The SMILES string of the molecule is CCOC(=O)CNCP(=O)(OOc1ccc(OC)cc1)OOc1ccc(OC)cc1. The maximum absolute atomic E-state index is 13.0. The van der Waals surface area contributed by atoms with Gasteiger partial charge in [0.1, 0.15) is 17.8 Å². The standard InChI is InChI=1S/C19H24NO9P/c1-4-25-19(21)13-20-14-30(22,28-26-17-9-5-15(23-2)6-10-17)29-27-18-11-7-16(24-3)8-12-18/h5-12,20H,4,13-14H2,1-3H3. The molecule has 0 bridgehead atoms. The van der Waals surface area contributed by atoms with Crippen LogP contribution in [-0.4, -0.2) is 39.6 Å². The van der Waals surface area contributed by atoms with Crippen molar-refractivity contribution >= 4 is 13.6 Å². The molecule has 0 amide bonds. The molecule has 0 saturated carbocycles. The molecule has 0 unspecified atom stereocenters. The van der Waals surface area contributed by atoms with Crippen LogP contribution < -0.4 is 24.6 Å². The van der Waals surface area contributed by atoms with Crippen molar-refractivity contribution in [2.24, 2.45) is 0 Å². The van der Waals surface area contributed by atoms with Crippen molar-refractivity contribution in [2.75, 3.05) is 33.7 Å². The summed E-state index contributed by atoms with van der Waals surface area (Å²) in [5, 5.41) is 2.63. The van der Waals surface area contributed by atoms with E-state index in [0.29, 0.717) is 11.5 Å². The summed E-state index contributed by atoms with van der Waals surface area (Å²) in [5.41, 5.74) is 0. The molecule has 0 spiro atoms. The lowest BCUT2D eigenvalue weighted by Gasteiger charge is -2.17. The zero-order chi connectivity index (χ0) is 21.8. The predicted octanol–water partition coefficient (Wildman–Crippen LogP) is 3.33. The quantitative estimate of drug-likeness (QED) is 0.215. The summed E-state index contributed by atoms with van der Waals surface area (Å²) in [6.07, 6.45) is -0.377. The highest BCUT2D eigenvalue weighted by Gasteiger charge is 2.30. The molecule has 164 valence electrons. The third-order valence-electron chi connectivity index (χ3n) is 3.49. The van der Waals surface area contributed by atoms with Gasteiger partial charge >= 0.3 is 13.6 Å². The van der Waals surface area contributed by atoms with Gasteiger partial charge < -0.3 is 24.0 Å². The Morgan fingerprint density at radius 2 is 1.27 bits per heavy atom. The van der Waals surface area contributed by atoms with Gasteiger partial charge in [0.05, 0.1) is 27.4 Å². The third-order valence-corrected chi connectivity index (χ3v) is 4.71. The summed E-state index contributed by atoms with van der Waals surface area (Å²) in [6.45, 7) is 1.71. The molecule has 30 heavy (non-hydrogen) atoms. The summed E-state index contributed by atoms with van der Waals surface area (Å²) in [5.74, 6) is 1.22. The Morgan fingerprint density at radius 3 is 1.67 bits per heavy atom. The van der Waals surface area contributed by atoms with Crippen LogP contribution in [0.5, 0.6) is 23.0 Å². The summed E-state index contributed by atoms with van der Waals surface area (Å²) in [7, 11) is -0.933. The van der Waals surface area contributed by atoms with Crippen LogP contribution in [0.1, 0.15) is 6.92 Å². The second-order valence-electron chi connectivity index (χ2n) is 5.67.